The van der Waals surface area contributed by atoms with Gasteiger partial charge in [0.25, 0.3) is 0 Å². The highest BCUT2D eigenvalue weighted by Gasteiger charge is 2.37. The minimum Gasteiger partial charge on any atom is -0.497 e. The number of carbonyl (C=O) groups excluding carboxylic acids is 1. The van der Waals surface area contributed by atoms with Gasteiger partial charge in [0.05, 0.1) is 19.9 Å². The molecule has 11 heteroatoms. The minimum absolute atomic E-state index is 0.0276. The SMILES string of the molecule is COc1ccc(Nc2ncc(C(F)(F)F)c(N[C@@H]3CCCC[C@H]3NC(=O)CC(C)C)n2)c(OC)c1. The third kappa shape index (κ3) is 7.12. The second-order valence-electron chi connectivity index (χ2n) is 8.95. The van der Waals surface area contributed by atoms with Gasteiger partial charge in [-0.25, -0.2) is 4.98 Å². The van der Waals surface area contributed by atoms with E-state index in [0.29, 0.717) is 36.4 Å². The third-order valence-corrected chi connectivity index (χ3v) is 5.78. The number of methoxy groups -OCH3 is 2. The van der Waals surface area contributed by atoms with Crippen LogP contribution in [0, 0.1) is 5.92 Å². The normalized spacial score (nSPS) is 18.2. The Morgan fingerprint density at radius 2 is 1.86 bits per heavy atom. The number of carbonyl (C=O) groups is 1. The first-order valence-electron chi connectivity index (χ1n) is 11.6. The Morgan fingerprint density at radius 1 is 1.14 bits per heavy atom. The number of hydrogen-bond acceptors (Lipinski definition) is 7. The zero-order chi connectivity index (χ0) is 25.6. The van der Waals surface area contributed by atoms with Crippen molar-refractivity contribution in [2.45, 2.75) is 64.2 Å². The van der Waals surface area contributed by atoms with Crippen LogP contribution in [0.1, 0.15) is 51.5 Å². The number of alkyl halides is 3. The number of rotatable bonds is 9. The molecule has 1 aromatic carbocycles. The van der Waals surface area contributed by atoms with E-state index in [-0.39, 0.29) is 35.7 Å². The van der Waals surface area contributed by atoms with Crippen LogP contribution in [0.2, 0.25) is 0 Å². The van der Waals surface area contributed by atoms with Crippen LogP contribution in [-0.2, 0) is 11.0 Å². The quantitative estimate of drug-likeness (QED) is 0.443. The maximum absolute atomic E-state index is 13.8. The summed E-state index contributed by atoms with van der Waals surface area (Å²) in [5, 5.41) is 8.87. The van der Waals surface area contributed by atoms with Gasteiger partial charge in [0.15, 0.2) is 0 Å². The van der Waals surface area contributed by atoms with E-state index in [1.165, 1.54) is 14.2 Å². The average Bonchev–Trinajstić information content (AvgIpc) is 2.79. The predicted molar refractivity (Wildman–Crippen MR) is 127 cm³/mol. The van der Waals surface area contributed by atoms with Gasteiger partial charge >= 0.3 is 6.18 Å². The number of amides is 1. The lowest BCUT2D eigenvalue weighted by atomic mass is 9.90. The lowest BCUT2D eigenvalue weighted by Crippen LogP contribution is -2.49. The smallest absolute Gasteiger partial charge is 0.421 e. The Labute approximate surface area is 203 Å². The van der Waals surface area contributed by atoms with E-state index in [0.717, 1.165) is 19.0 Å². The minimum atomic E-state index is -4.65. The summed E-state index contributed by atoms with van der Waals surface area (Å²) in [6.07, 6.45) is -0.500. The Hall–Kier alpha value is -3.24. The Morgan fingerprint density at radius 3 is 2.49 bits per heavy atom. The summed E-state index contributed by atoms with van der Waals surface area (Å²) in [4.78, 5) is 20.4. The molecule has 1 aliphatic rings. The highest BCUT2D eigenvalue weighted by atomic mass is 19.4. The van der Waals surface area contributed by atoms with Gasteiger partial charge in [-0.2, -0.15) is 18.2 Å². The topological polar surface area (TPSA) is 97.4 Å². The molecule has 0 unspecified atom stereocenters. The molecule has 1 saturated carbocycles. The van der Waals surface area contributed by atoms with Gasteiger partial charge in [-0.15, -0.1) is 0 Å². The Bertz CT molecular complexity index is 1020. The highest BCUT2D eigenvalue weighted by molar-refractivity contribution is 5.76. The van der Waals surface area contributed by atoms with Crippen molar-refractivity contribution < 1.29 is 27.4 Å². The van der Waals surface area contributed by atoms with Crippen LogP contribution >= 0.6 is 0 Å². The second-order valence-corrected chi connectivity index (χ2v) is 8.95. The van der Waals surface area contributed by atoms with Crippen molar-refractivity contribution in [3.05, 3.63) is 30.0 Å². The molecule has 0 bridgehead atoms. The van der Waals surface area contributed by atoms with E-state index in [9.17, 15) is 18.0 Å². The molecule has 8 nitrogen and oxygen atoms in total. The fraction of sp³-hybridized carbons (Fsp3) is 0.542. The summed E-state index contributed by atoms with van der Waals surface area (Å²) in [7, 11) is 2.99. The van der Waals surface area contributed by atoms with Gasteiger partial charge in [0.1, 0.15) is 22.9 Å². The maximum Gasteiger partial charge on any atom is 0.421 e. The summed E-state index contributed by atoms with van der Waals surface area (Å²) in [5.74, 6) is 0.699. The van der Waals surface area contributed by atoms with Crippen LogP contribution in [0.25, 0.3) is 0 Å². The first-order chi connectivity index (χ1) is 16.6. The molecule has 1 heterocycles. The maximum atomic E-state index is 13.8. The molecule has 0 saturated heterocycles. The van der Waals surface area contributed by atoms with E-state index in [4.69, 9.17) is 9.47 Å². The van der Waals surface area contributed by atoms with Crippen LogP contribution in [0.5, 0.6) is 11.5 Å². The number of anilines is 3. The van der Waals surface area contributed by atoms with Crippen molar-refractivity contribution in [1.82, 2.24) is 15.3 Å². The second kappa shape index (κ2) is 11.5. The molecule has 0 spiro atoms. The average molecular weight is 496 g/mol. The number of benzene rings is 1. The molecule has 2 atom stereocenters. The highest BCUT2D eigenvalue weighted by Crippen LogP contribution is 2.36. The molecule has 0 radical (unpaired) electrons. The lowest BCUT2D eigenvalue weighted by Gasteiger charge is -2.34. The summed E-state index contributed by atoms with van der Waals surface area (Å²) in [6.45, 7) is 3.89. The van der Waals surface area contributed by atoms with Gasteiger partial charge in [-0.3, -0.25) is 4.79 Å². The molecule has 2 aromatic rings. The number of ether oxygens (including phenoxy) is 2. The zero-order valence-electron chi connectivity index (χ0n) is 20.3. The Kier molecular flexibility index (Phi) is 8.63. The summed E-state index contributed by atoms with van der Waals surface area (Å²) < 4.78 is 51.8. The summed E-state index contributed by atoms with van der Waals surface area (Å²) >= 11 is 0. The predicted octanol–water partition coefficient (Wildman–Crippen LogP) is 5.14. The van der Waals surface area contributed by atoms with Crippen LogP contribution in [0.3, 0.4) is 0 Å². The van der Waals surface area contributed by atoms with Crippen molar-refractivity contribution in [1.29, 1.82) is 0 Å². The van der Waals surface area contributed by atoms with Gasteiger partial charge in [0.2, 0.25) is 11.9 Å². The van der Waals surface area contributed by atoms with Gasteiger partial charge in [0, 0.05) is 30.8 Å². The van der Waals surface area contributed by atoms with Crippen LogP contribution in [0.4, 0.5) is 30.6 Å². The van der Waals surface area contributed by atoms with Gasteiger partial charge < -0.3 is 25.4 Å². The number of hydrogen-bond donors (Lipinski definition) is 3. The van der Waals surface area contributed by atoms with Gasteiger partial charge in [-0.1, -0.05) is 26.7 Å². The first kappa shape index (κ1) is 26.4. The van der Waals surface area contributed by atoms with E-state index in [2.05, 4.69) is 25.9 Å². The molecular formula is C24H32F3N5O3. The molecule has 3 rings (SSSR count). The molecule has 1 amide bonds. The molecular weight excluding hydrogens is 463 g/mol. The molecule has 35 heavy (non-hydrogen) atoms. The molecule has 3 N–H and O–H groups in total. The van der Waals surface area contributed by atoms with Gasteiger partial charge in [-0.05, 0) is 30.9 Å². The van der Waals surface area contributed by atoms with Crippen LogP contribution < -0.4 is 25.4 Å². The lowest BCUT2D eigenvalue weighted by molar-refractivity contribution is -0.137. The molecule has 1 aromatic heterocycles. The number of halogens is 3. The zero-order valence-corrected chi connectivity index (χ0v) is 20.3. The Balaban J connectivity index is 1.87. The fourth-order valence-electron chi connectivity index (χ4n) is 4.07. The van der Waals surface area contributed by atoms with Crippen LogP contribution in [0.15, 0.2) is 24.4 Å². The number of aromatic nitrogens is 2. The summed E-state index contributed by atoms with van der Waals surface area (Å²) in [5.41, 5.74) is -0.502. The van der Waals surface area contributed by atoms with Crippen molar-refractivity contribution in [2.24, 2.45) is 5.92 Å². The van der Waals surface area contributed by atoms with Crippen molar-refractivity contribution >= 4 is 23.4 Å². The number of nitrogens with one attached hydrogen (secondary N) is 3. The fourth-order valence-corrected chi connectivity index (χ4v) is 4.07. The molecule has 192 valence electrons. The molecule has 1 fully saturated rings. The van der Waals surface area contributed by atoms with Crippen LogP contribution in [-0.4, -0.2) is 42.2 Å². The monoisotopic (exact) mass is 495 g/mol. The summed E-state index contributed by atoms with van der Waals surface area (Å²) in [6, 6.07) is 4.30. The van der Waals surface area contributed by atoms with E-state index in [1.54, 1.807) is 18.2 Å². The number of nitrogens with zero attached hydrogens (tertiary/aromatic N) is 2. The first-order valence-corrected chi connectivity index (χ1v) is 11.6. The van der Waals surface area contributed by atoms with E-state index >= 15 is 0 Å². The molecule has 1 aliphatic carbocycles. The van der Waals surface area contributed by atoms with E-state index in [1.807, 2.05) is 13.8 Å². The van der Waals surface area contributed by atoms with Crippen molar-refractivity contribution in [3.8, 4) is 11.5 Å². The van der Waals surface area contributed by atoms with Crippen molar-refractivity contribution in [2.75, 3.05) is 24.9 Å². The van der Waals surface area contributed by atoms with Crippen molar-refractivity contribution in [3.63, 3.8) is 0 Å². The molecule has 0 aliphatic heterocycles. The van der Waals surface area contributed by atoms with E-state index < -0.39 is 11.7 Å². The standard InChI is InChI=1S/C24H32F3N5O3/c1-14(2)11-21(33)29-17-7-5-6-8-18(17)30-22-16(24(25,26)27)13-28-23(32-22)31-19-10-9-15(34-3)12-20(19)35-4/h9-10,12-14,17-18H,5-8,11H2,1-4H3,(H,29,33)(H2,28,30,31,32)/t17-,18-/m1/s1. The third-order valence-electron chi connectivity index (χ3n) is 5.78. The largest absolute Gasteiger partial charge is 0.497 e.